The number of carbonyl (C=O) groups is 2. The van der Waals surface area contributed by atoms with Crippen molar-refractivity contribution in [2.24, 2.45) is 0 Å². The first-order valence-electron chi connectivity index (χ1n) is 8.20. The lowest BCUT2D eigenvalue weighted by Crippen LogP contribution is -2.29. The lowest BCUT2D eigenvalue weighted by Gasteiger charge is -2.14. The summed E-state index contributed by atoms with van der Waals surface area (Å²) < 4.78 is 10.6. The summed E-state index contributed by atoms with van der Waals surface area (Å²) in [5.41, 5.74) is 7.06. The van der Waals surface area contributed by atoms with E-state index in [1.165, 1.54) is 6.20 Å². The van der Waals surface area contributed by atoms with Crippen LogP contribution >= 0.6 is 0 Å². The smallest absolute Gasteiger partial charge is 0.265 e. The highest BCUT2D eigenvalue weighted by atomic mass is 16.7. The summed E-state index contributed by atoms with van der Waals surface area (Å²) in [5.74, 6) is -0.321. The van der Waals surface area contributed by atoms with Crippen LogP contribution in [0.3, 0.4) is 0 Å². The van der Waals surface area contributed by atoms with Crippen LogP contribution in [0.15, 0.2) is 36.5 Å². The van der Waals surface area contributed by atoms with Crippen LogP contribution in [-0.2, 0) is 6.54 Å². The Morgan fingerprint density at radius 2 is 1.89 bits per heavy atom. The van der Waals surface area contributed by atoms with Crippen molar-refractivity contribution >= 4 is 28.4 Å². The molecule has 5 rings (SSSR count). The third kappa shape index (κ3) is 2.06. The average molecular weight is 363 g/mol. The van der Waals surface area contributed by atoms with Gasteiger partial charge in [0.15, 0.2) is 17.2 Å². The van der Waals surface area contributed by atoms with Crippen LogP contribution in [0.25, 0.3) is 10.9 Å². The van der Waals surface area contributed by atoms with E-state index < -0.39 is 11.8 Å². The van der Waals surface area contributed by atoms with Crippen molar-refractivity contribution in [1.82, 2.24) is 9.88 Å². The van der Waals surface area contributed by atoms with E-state index in [1.54, 1.807) is 30.3 Å². The Balaban J connectivity index is 1.59. The second kappa shape index (κ2) is 5.34. The topological polar surface area (TPSA) is 115 Å². The van der Waals surface area contributed by atoms with Crippen molar-refractivity contribution < 1.29 is 24.2 Å². The first-order valence-corrected chi connectivity index (χ1v) is 8.20. The number of ether oxygens (including phenoxy) is 2. The molecule has 2 aliphatic rings. The highest BCUT2D eigenvalue weighted by Gasteiger charge is 2.41. The van der Waals surface area contributed by atoms with Crippen molar-refractivity contribution in [2.75, 3.05) is 12.5 Å². The van der Waals surface area contributed by atoms with E-state index >= 15 is 0 Å². The Morgan fingerprint density at radius 3 is 2.74 bits per heavy atom. The SMILES string of the molecule is Nc1c2c(c(O)c3ncccc13)C(=O)N(Cc1ccc3c(c1)OCO3)C2=O. The Kier molecular flexibility index (Phi) is 3.06. The normalized spacial score (nSPS) is 14.9. The number of imide groups is 1. The molecule has 0 atom stereocenters. The number of phenolic OH excluding ortho intramolecular Hbond substituents is 1. The monoisotopic (exact) mass is 363 g/mol. The molecule has 134 valence electrons. The lowest BCUT2D eigenvalue weighted by molar-refractivity contribution is 0.0642. The Hall–Kier alpha value is -3.81. The maximum absolute atomic E-state index is 12.9. The highest BCUT2D eigenvalue weighted by molar-refractivity contribution is 6.28. The minimum absolute atomic E-state index is 0.0127. The molecule has 3 aromatic rings. The third-order valence-electron chi connectivity index (χ3n) is 4.77. The number of nitrogens with two attached hydrogens (primary N) is 1. The number of nitrogen functional groups attached to an aromatic ring is 1. The zero-order chi connectivity index (χ0) is 18.7. The van der Waals surface area contributed by atoms with Gasteiger partial charge in [0.25, 0.3) is 11.8 Å². The minimum atomic E-state index is -0.607. The summed E-state index contributed by atoms with van der Waals surface area (Å²) in [6.07, 6.45) is 1.49. The molecule has 3 N–H and O–H groups in total. The number of aromatic hydroxyl groups is 1. The summed E-state index contributed by atoms with van der Waals surface area (Å²) in [5, 5.41) is 11.0. The Morgan fingerprint density at radius 1 is 1.11 bits per heavy atom. The van der Waals surface area contributed by atoms with E-state index in [0.717, 1.165) is 4.90 Å². The number of benzene rings is 2. The van der Waals surface area contributed by atoms with E-state index in [9.17, 15) is 14.7 Å². The van der Waals surface area contributed by atoms with Gasteiger partial charge in [-0.15, -0.1) is 0 Å². The van der Waals surface area contributed by atoms with Gasteiger partial charge in [-0.25, -0.2) is 0 Å². The van der Waals surface area contributed by atoms with E-state index in [4.69, 9.17) is 15.2 Å². The Bertz CT molecular complexity index is 1100. The fourth-order valence-electron chi connectivity index (χ4n) is 3.48. The molecule has 3 heterocycles. The second-order valence-electron chi connectivity index (χ2n) is 6.30. The molecule has 0 saturated carbocycles. The number of anilines is 1. The summed E-state index contributed by atoms with van der Waals surface area (Å²) in [6, 6.07) is 8.48. The van der Waals surface area contributed by atoms with Gasteiger partial charge in [0.1, 0.15) is 5.52 Å². The molecule has 2 aliphatic heterocycles. The number of rotatable bonds is 2. The average Bonchev–Trinajstić information content (AvgIpc) is 3.24. The maximum atomic E-state index is 12.9. The van der Waals surface area contributed by atoms with Gasteiger partial charge < -0.3 is 20.3 Å². The number of hydrogen-bond acceptors (Lipinski definition) is 7. The molecule has 0 unspecified atom stereocenters. The first kappa shape index (κ1) is 15.4. The predicted molar refractivity (Wildman–Crippen MR) is 94.6 cm³/mol. The molecule has 0 radical (unpaired) electrons. The minimum Gasteiger partial charge on any atom is -0.505 e. The molecule has 2 aromatic carbocycles. The third-order valence-corrected chi connectivity index (χ3v) is 4.77. The molecule has 0 bridgehead atoms. The van der Waals surface area contributed by atoms with Crippen LogP contribution in [-0.4, -0.2) is 33.6 Å². The van der Waals surface area contributed by atoms with Crippen molar-refractivity contribution in [1.29, 1.82) is 0 Å². The highest BCUT2D eigenvalue weighted by Crippen LogP contribution is 2.41. The standard InChI is InChI=1S/C19H13N3O5/c20-15-10-2-1-5-21-16(10)17(23)14-13(15)18(24)22(19(14)25)7-9-3-4-11-12(6-9)27-8-26-11/h1-6,23H,7-8,20H2. The molecular weight excluding hydrogens is 350 g/mol. The van der Waals surface area contributed by atoms with Crippen molar-refractivity contribution in [3.05, 3.63) is 53.2 Å². The van der Waals surface area contributed by atoms with Crippen molar-refractivity contribution in [2.45, 2.75) is 6.54 Å². The van der Waals surface area contributed by atoms with Gasteiger partial charge >= 0.3 is 0 Å². The number of phenols is 1. The quantitative estimate of drug-likeness (QED) is 0.407. The summed E-state index contributed by atoms with van der Waals surface area (Å²) in [4.78, 5) is 30.9. The number of amides is 2. The van der Waals surface area contributed by atoms with E-state index in [-0.39, 0.29) is 41.4 Å². The molecule has 1 aromatic heterocycles. The van der Waals surface area contributed by atoms with Crippen LogP contribution in [0, 0.1) is 0 Å². The van der Waals surface area contributed by atoms with Gasteiger partial charge in [0.2, 0.25) is 6.79 Å². The van der Waals surface area contributed by atoms with Gasteiger partial charge in [0, 0.05) is 11.6 Å². The molecule has 8 heteroatoms. The van der Waals surface area contributed by atoms with Crippen molar-refractivity contribution in [3.8, 4) is 17.2 Å². The molecule has 0 aliphatic carbocycles. The zero-order valence-electron chi connectivity index (χ0n) is 13.9. The molecule has 27 heavy (non-hydrogen) atoms. The zero-order valence-corrected chi connectivity index (χ0v) is 13.9. The van der Waals surface area contributed by atoms with E-state index in [0.29, 0.717) is 22.4 Å². The van der Waals surface area contributed by atoms with Crippen LogP contribution in [0.2, 0.25) is 0 Å². The van der Waals surface area contributed by atoms with Gasteiger partial charge in [-0.2, -0.15) is 0 Å². The summed E-state index contributed by atoms with van der Waals surface area (Å²) in [6.45, 7) is 0.154. The van der Waals surface area contributed by atoms with E-state index in [2.05, 4.69) is 4.98 Å². The summed E-state index contributed by atoms with van der Waals surface area (Å²) in [7, 11) is 0. The van der Waals surface area contributed by atoms with Gasteiger partial charge in [-0.1, -0.05) is 6.07 Å². The predicted octanol–water partition coefficient (Wildman–Crippen LogP) is 2.05. The second-order valence-corrected chi connectivity index (χ2v) is 6.30. The van der Waals surface area contributed by atoms with Crippen molar-refractivity contribution in [3.63, 3.8) is 0 Å². The number of fused-ring (bicyclic) bond motifs is 3. The fraction of sp³-hybridized carbons (Fsp3) is 0.105. The van der Waals surface area contributed by atoms with Gasteiger partial charge in [-0.05, 0) is 29.8 Å². The molecule has 8 nitrogen and oxygen atoms in total. The Labute approximate surface area is 152 Å². The van der Waals surface area contributed by atoms with Crippen LogP contribution < -0.4 is 15.2 Å². The number of pyridine rings is 1. The van der Waals surface area contributed by atoms with Gasteiger partial charge in [-0.3, -0.25) is 19.5 Å². The largest absolute Gasteiger partial charge is 0.505 e. The number of aromatic nitrogens is 1. The summed E-state index contributed by atoms with van der Waals surface area (Å²) >= 11 is 0. The lowest BCUT2D eigenvalue weighted by atomic mass is 10.0. The van der Waals surface area contributed by atoms with Crippen LogP contribution in [0.1, 0.15) is 26.3 Å². The van der Waals surface area contributed by atoms with E-state index in [1.807, 2.05) is 0 Å². The molecule has 2 amide bonds. The number of carbonyl (C=O) groups excluding carboxylic acids is 2. The molecule has 0 fully saturated rings. The first-order chi connectivity index (χ1) is 13.1. The number of nitrogens with zero attached hydrogens (tertiary/aromatic N) is 2. The molecule has 0 spiro atoms. The van der Waals surface area contributed by atoms with Gasteiger partial charge in [0.05, 0.1) is 23.4 Å². The number of hydrogen-bond donors (Lipinski definition) is 2. The molecular formula is C19H13N3O5. The van der Waals surface area contributed by atoms with Crippen LogP contribution in [0.5, 0.6) is 17.2 Å². The maximum Gasteiger partial charge on any atom is 0.265 e. The fourth-order valence-corrected chi connectivity index (χ4v) is 3.48. The van der Waals surface area contributed by atoms with Crippen LogP contribution in [0.4, 0.5) is 5.69 Å². The molecule has 0 saturated heterocycles.